The van der Waals surface area contributed by atoms with Crippen LogP contribution in [-0.4, -0.2) is 6.72 Å². The highest BCUT2D eigenvalue weighted by molar-refractivity contribution is 6.12. The van der Waals surface area contributed by atoms with E-state index in [0.717, 1.165) is 11.1 Å². The van der Waals surface area contributed by atoms with E-state index < -0.39 is 0 Å². The van der Waals surface area contributed by atoms with E-state index in [0.29, 0.717) is 0 Å². The molecule has 3 aromatic rings. The van der Waals surface area contributed by atoms with Crippen LogP contribution in [-0.2, 0) is 0 Å². The molecule has 76 valence electrons. The van der Waals surface area contributed by atoms with Gasteiger partial charge in [0.2, 0.25) is 0 Å². The fourth-order valence-electron chi connectivity index (χ4n) is 2.17. The molecule has 1 nitrogen and oxygen atoms in total. The van der Waals surface area contributed by atoms with Crippen molar-refractivity contribution in [3.63, 3.8) is 0 Å². The average molecular weight is 205 g/mol. The molecule has 3 rings (SSSR count). The molecule has 3 aromatic carbocycles. The monoisotopic (exact) mass is 205 g/mol. The van der Waals surface area contributed by atoms with Crippen LogP contribution in [0.2, 0.25) is 0 Å². The Balaban J connectivity index is 2.62. The Hall–Kier alpha value is -2.15. The normalized spacial score (nSPS) is 10.8. The molecule has 1 heteroatoms. The Morgan fingerprint density at radius 3 is 2.12 bits per heavy atom. The average Bonchev–Trinajstić information content (AvgIpc) is 2.38. The molecule has 0 atom stereocenters. The van der Waals surface area contributed by atoms with Crippen LogP contribution in [0.15, 0.2) is 59.6 Å². The maximum Gasteiger partial charge on any atom is 0.0707 e. The topological polar surface area (TPSA) is 12.4 Å². The summed E-state index contributed by atoms with van der Waals surface area (Å²) < 4.78 is 0. The standard InChI is InChI=1S/C15H11N/c1-16-15-10-11-6-2-3-7-12(11)13-8-4-5-9-14(13)15/h2-10H,1H2. The van der Waals surface area contributed by atoms with E-state index in [1.165, 1.54) is 16.2 Å². The van der Waals surface area contributed by atoms with Crippen molar-refractivity contribution in [2.75, 3.05) is 0 Å². The Labute approximate surface area is 94.1 Å². The molecule has 0 aliphatic rings. The van der Waals surface area contributed by atoms with Gasteiger partial charge in [-0.1, -0.05) is 48.5 Å². The molecule has 0 radical (unpaired) electrons. The Kier molecular flexibility index (Phi) is 1.97. The summed E-state index contributed by atoms with van der Waals surface area (Å²) in [5.74, 6) is 0. The lowest BCUT2D eigenvalue weighted by Gasteiger charge is -2.06. The van der Waals surface area contributed by atoms with Crippen LogP contribution in [0.5, 0.6) is 0 Å². The molecule has 0 aliphatic carbocycles. The van der Waals surface area contributed by atoms with Crippen LogP contribution < -0.4 is 0 Å². The number of aliphatic imine (C=N–C) groups is 1. The first kappa shape index (κ1) is 9.10. The molecule has 0 fully saturated rings. The summed E-state index contributed by atoms with van der Waals surface area (Å²) >= 11 is 0. The molecule has 0 aliphatic heterocycles. The lowest BCUT2D eigenvalue weighted by Crippen LogP contribution is -1.78. The number of hydrogen-bond acceptors (Lipinski definition) is 1. The largest absolute Gasteiger partial charge is 0.264 e. The van der Waals surface area contributed by atoms with Crippen molar-refractivity contribution in [2.45, 2.75) is 0 Å². The number of fused-ring (bicyclic) bond motifs is 3. The van der Waals surface area contributed by atoms with E-state index in [2.05, 4.69) is 54.2 Å². The molecule has 0 heterocycles. The van der Waals surface area contributed by atoms with Crippen molar-refractivity contribution >= 4 is 33.9 Å². The maximum atomic E-state index is 4.10. The van der Waals surface area contributed by atoms with Gasteiger partial charge < -0.3 is 0 Å². The van der Waals surface area contributed by atoms with Crippen molar-refractivity contribution in [3.8, 4) is 0 Å². The van der Waals surface area contributed by atoms with Gasteiger partial charge in [-0.25, -0.2) is 0 Å². The van der Waals surface area contributed by atoms with Crippen LogP contribution >= 0.6 is 0 Å². The fourth-order valence-corrected chi connectivity index (χ4v) is 2.17. The highest BCUT2D eigenvalue weighted by atomic mass is 14.7. The van der Waals surface area contributed by atoms with Crippen LogP contribution in [0.25, 0.3) is 21.5 Å². The lowest BCUT2D eigenvalue weighted by molar-refractivity contribution is 1.62. The van der Waals surface area contributed by atoms with Crippen LogP contribution in [0, 0.1) is 0 Å². The van der Waals surface area contributed by atoms with E-state index in [1.807, 2.05) is 12.1 Å². The lowest BCUT2D eigenvalue weighted by atomic mass is 10.0. The van der Waals surface area contributed by atoms with Gasteiger partial charge in [-0.15, -0.1) is 0 Å². The molecule has 0 N–H and O–H groups in total. The van der Waals surface area contributed by atoms with Crippen molar-refractivity contribution < 1.29 is 0 Å². The van der Waals surface area contributed by atoms with E-state index >= 15 is 0 Å². The zero-order chi connectivity index (χ0) is 11.0. The predicted molar refractivity (Wildman–Crippen MR) is 70.7 cm³/mol. The van der Waals surface area contributed by atoms with Crippen molar-refractivity contribution in [3.05, 3.63) is 54.6 Å². The van der Waals surface area contributed by atoms with Crippen molar-refractivity contribution in [2.24, 2.45) is 4.99 Å². The molecule has 0 saturated carbocycles. The summed E-state index contributed by atoms with van der Waals surface area (Å²) in [5.41, 5.74) is 0.953. The Morgan fingerprint density at radius 2 is 1.38 bits per heavy atom. The zero-order valence-electron chi connectivity index (χ0n) is 8.85. The summed E-state index contributed by atoms with van der Waals surface area (Å²) in [6.07, 6.45) is 0. The van der Waals surface area contributed by atoms with Gasteiger partial charge in [0.05, 0.1) is 5.69 Å². The second-order valence-electron chi connectivity index (χ2n) is 3.82. The number of nitrogens with zero attached hydrogens (tertiary/aromatic N) is 1. The van der Waals surface area contributed by atoms with Crippen LogP contribution in [0.1, 0.15) is 0 Å². The molecule has 0 saturated heterocycles. The number of benzene rings is 3. The van der Waals surface area contributed by atoms with Gasteiger partial charge in [-0.2, -0.15) is 0 Å². The number of hydrogen-bond donors (Lipinski definition) is 0. The molecule has 16 heavy (non-hydrogen) atoms. The van der Waals surface area contributed by atoms with Crippen LogP contribution in [0.3, 0.4) is 0 Å². The third-order valence-corrected chi connectivity index (χ3v) is 2.92. The van der Waals surface area contributed by atoms with Gasteiger partial charge in [-0.05, 0) is 28.9 Å². The summed E-state index contributed by atoms with van der Waals surface area (Å²) in [5, 5.41) is 4.88. The van der Waals surface area contributed by atoms with Gasteiger partial charge in [0, 0.05) is 5.39 Å². The summed E-state index contributed by atoms with van der Waals surface area (Å²) in [6, 6.07) is 18.8. The minimum atomic E-state index is 0.953. The Morgan fingerprint density at radius 1 is 0.750 bits per heavy atom. The smallest absolute Gasteiger partial charge is 0.0707 e. The first-order valence-electron chi connectivity index (χ1n) is 5.27. The molecular weight excluding hydrogens is 194 g/mol. The SMILES string of the molecule is C=Nc1cc2ccccc2c2ccccc12. The molecule has 0 unspecified atom stereocenters. The van der Waals surface area contributed by atoms with E-state index in [4.69, 9.17) is 0 Å². The zero-order valence-corrected chi connectivity index (χ0v) is 8.85. The maximum absolute atomic E-state index is 4.10. The molecular formula is C15H11N. The van der Waals surface area contributed by atoms with Crippen molar-refractivity contribution in [1.29, 1.82) is 0 Å². The molecule has 0 bridgehead atoms. The van der Waals surface area contributed by atoms with E-state index in [9.17, 15) is 0 Å². The van der Waals surface area contributed by atoms with Gasteiger partial charge in [-0.3, -0.25) is 4.99 Å². The third kappa shape index (κ3) is 1.22. The second kappa shape index (κ2) is 3.46. The Bertz CT molecular complexity index is 683. The first-order chi connectivity index (χ1) is 7.90. The highest BCUT2D eigenvalue weighted by Gasteiger charge is 2.03. The van der Waals surface area contributed by atoms with Crippen LogP contribution in [0.4, 0.5) is 5.69 Å². The molecule has 0 amide bonds. The molecule has 0 spiro atoms. The van der Waals surface area contributed by atoms with Gasteiger partial charge >= 0.3 is 0 Å². The van der Waals surface area contributed by atoms with Gasteiger partial charge in [0.25, 0.3) is 0 Å². The summed E-state index contributed by atoms with van der Waals surface area (Å²) in [4.78, 5) is 4.10. The fraction of sp³-hybridized carbons (Fsp3) is 0. The predicted octanol–water partition coefficient (Wildman–Crippen LogP) is 4.33. The number of rotatable bonds is 1. The summed E-state index contributed by atoms with van der Waals surface area (Å²) in [7, 11) is 0. The van der Waals surface area contributed by atoms with Crippen molar-refractivity contribution in [1.82, 2.24) is 0 Å². The van der Waals surface area contributed by atoms with E-state index in [1.54, 1.807) is 0 Å². The first-order valence-corrected chi connectivity index (χ1v) is 5.27. The quantitative estimate of drug-likeness (QED) is 0.414. The second-order valence-corrected chi connectivity index (χ2v) is 3.82. The summed E-state index contributed by atoms with van der Waals surface area (Å²) in [6.45, 7) is 3.64. The minimum absolute atomic E-state index is 0.953. The van der Waals surface area contributed by atoms with E-state index in [-0.39, 0.29) is 0 Å². The molecule has 0 aromatic heterocycles. The van der Waals surface area contributed by atoms with Gasteiger partial charge in [0.1, 0.15) is 0 Å². The van der Waals surface area contributed by atoms with Gasteiger partial charge in [0.15, 0.2) is 0 Å². The minimum Gasteiger partial charge on any atom is -0.264 e. The highest BCUT2D eigenvalue weighted by Crippen LogP contribution is 2.32. The third-order valence-electron chi connectivity index (χ3n) is 2.92.